The fraction of sp³-hybridized carbons (Fsp3) is 0.389. The Bertz CT molecular complexity index is 434. The van der Waals surface area contributed by atoms with Crippen molar-refractivity contribution in [2.24, 2.45) is 11.8 Å². The van der Waals surface area contributed by atoms with E-state index < -0.39 is 0 Å². The Labute approximate surface area is 122 Å². The van der Waals surface area contributed by atoms with Gasteiger partial charge in [-0.1, -0.05) is 69.0 Å². The van der Waals surface area contributed by atoms with Crippen LogP contribution in [0.1, 0.15) is 25.8 Å². The van der Waals surface area contributed by atoms with E-state index in [1.165, 1.54) is 0 Å². The summed E-state index contributed by atoms with van der Waals surface area (Å²) in [5.74, 6) is 0.673. The van der Waals surface area contributed by atoms with Gasteiger partial charge in [0.1, 0.15) is 0 Å². The number of ether oxygens (including phenoxy) is 1. The quantitative estimate of drug-likeness (QED) is 0.524. The lowest BCUT2D eigenvalue weighted by molar-refractivity contribution is -0.144. The fourth-order valence-corrected chi connectivity index (χ4v) is 2.10. The van der Waals surface area contributed by atoms with Gasteiger partial charge in [-0.2, -0.15) is 0 Å². The molecule has 0 radical (unpaired) electrons. The molecular formula is C18H24O2. The van der Waals surface area contributed by atoms with Gasteiger partial charge in [-0.05, 0) is 23.8 Å². The van der Waals surface area contributed by atoms with Crippen LogP contribution in [0.3, 0.4) is 0 Å². The third-order valence-electron chi connectivity index (χ3n) is 3.07. The number of esters is 1. The molecule has 2 nitrogen and oxygen atoms in total. The van der Waals surface area contributed by atoms with Crippen molar-refractivity contribution < 1.29 is 9.53 Å². The lowest BCUT2D eigenvalue weighted by Crippen LogP contribution is -2.15. The maximum absolute atomic E-state index is 11.7. The lowest BCUT2D eigenvalue weighted by Gasteiger charge is -2.14. The van der Waals surface area contributed by atoms with Crippen LogP contribution in [0.25, 0.3) is 0 Å². The number of benzene rings is 1. The molecule has 0 bridgehead atoms. The number of rotatable bonds is 8. The molecule has 0 aliphatic carbocycles. The van der Waals surface area contributed by atoms with E-state index in [0.717, 1.165) is 12.0 Å². The molecule has 0 aliphatic rings. The average molecular weight is 272 g/mol. The lowest BCUT2D eigenvalue weighted by atomic mass is 9.97. The topological polar surface area (TPSA) is 26.3 Å². The second-order valence-corrected chi connectivity index (χ2v) is 5.28. The van der Waals surface area contributed by atoms with Gasteiger partial charge in [0.25, 0.3) is 0 Å². The van der Waals surface area contributed by atoms with Crippen LogP contribution in [0.15, 0.2) is 55.1 Å². The maximum atomic E-state index is 11.7. The van der Waals surface area contributed by atoms with Gasteiger partial charge in [0.05, 0.1) is 13.0 Å². The Kier molecular flexibility index (Phi) is 7.41. The molecule has 0 aliphatic heterocycles. The van der Waals surface area contributed by atoms with Crippen molar-refractivity contribution in [3.63, 3.8) is 0 Å². The van der Waals surface area contributed by atoms with E-state index in [4.69, 9.17) is 4.74 Å². The minimum Gasteiger partial charge on any atom is -0.465 e. The van der Waals surface area contributed by atoms with Gasteiger partial charge in [0, 0.05) is 0 Å². The summed E-state index contributed by atoms with van der Waals surface area (Å²) in [6.07, 6.45) is 7.21. The summed E-state index contributed by atoms with van der Waals surface area (Å²) in [5.41, 5.74) is 0.993. The molecule has 0 spiro atoms. The maximum Gasteiger partial charge on any atom is 0.310 e. The predicted molar refractivity (Wildman–Crippen MR) is 83.4 cm³/mol. The molecule has 0 aromatic heterocycles. The second kappa shape index (κ2) is 9.13. The Hall–Kier alpha value is -1.83. The van der Waals surface area contributed by atoms with Crippen LogP contribution < -0.4 is 0 Å². The number of carbonyl (C=O) groups is 1. The molecular weight excluding hydrogens is 248 g/mol. The molecule has 1 aromatic carbocycles. The Morgan fingerprint density at radius 3 is 2.65 bits per heavy atom. The van der Waals surface area contributed by atoms with Crippen molar-refractivity contribution in [2.45, 2.75) is 26.7 Å². The molecule has 20 heavy (non-hydrogen) atoms. The molecule has 1 aromatic rings. The van der Waals surface area contributed by atoms with Crippen molar-refractivity contribution in [3.05, 3.63) is 60.7 Å². The predicted octanol–water partition coefficient (Wildman–Crippen LogP) is 4.18. The summed E-state index contributed by atoms with van der Waals surface area (Å²) in [6, 6.07) is 9.67. The van der Waals surface area contributed by atoms with Crippen molar-refractivity contribution in [3.8, 4) is 0 Å². The normalized spacial score (nSPS) is 13.9. The summed E-state index contributed by atoms with van der Waals surface area (Å²) < 4.78 is 5.33. The first-order valence-electron chi connectivity index (χ1n) is 7.10. The van der Waals surface area contributed by atoms with Gasteiger partial charge in [-0.3, -0.25) is 4.79 Å². The first-order valence-corrected chi connectivity index (χ1v) is 7.10. The molecule has 2 atom stereocenters. The minimum atomic E-state index is -0.155. The first-order chi connectivity index (χ1) is 9.61. The summed E-state index contributed by atoms with van der Waals surface area (Å²) in [6.45, 7) is 8.40. The van der Waals surface area contributed by atoms with Crippen LogP contribution in [0.2, 0.25) is 0 Å². The molecule has 2 heteroatoms. The van der Waals surface area contributed by atoms with E-state index in [0.29, 0.717) is 24.9 Å². The summed E-state index contributed by atoms with van der Waals surface area (Å²) in [4.78, 5) is 11.7. The molecule has 1 rings (SSSR count). The van der Waals surface area contributed by atoms with E-state index in [1.807, 2.05) is 36.4 Å². The third kappa shape index (κ3) is 6.93. The second-order valence-electron chi connectivity index (χ2n) is 5.28. The summed E-state index contributed by atoms with van der Waals surface area (Å²) >= 11 is 0. The smallest absolute Gasteiger partial charge is 0.310 e. The molecule has 0 amide bonds. The van der Waals surface area contributed by atoms with Crippen molar-refractivity contribution in [1.29, 1.82) is 0 Å². The highest BCUT2D eigenvalue weighted by Crippen LogP contribution is 2.14. The zero-order chi connectivity index (χ0) is 14.8. The highest BCUT2D eigenvalue weighted by atomic mass is 16.5. The van der Waals surface area contributed by atoms with Crippen LogP contribution in [0.4, 0.5) is 0 Å². The molecule has 0 heterocycles. The highest BCUT2D eigenvalue weighted by molar-refractivity contribution is 5.72. The Morgan fingerprint density at radius 1 is 1.30 bits per heavy atom. The van der Waals surface area contributed by atoms with Crippen LogP contribution in [-0.4, -0.2) is 12.6 Å². The van der Waals surface area contributed by atoms with Crippen molar-refractivity contribution >= 4 is 5.97 Å². The number of allylic oxidation sites excluding steroid dienone is 3. The van der Waals surface area contributed by atoms with E-state index in [9.17, 15) is 4.79 Å². The van der Waals surface area contributed by atoms with Gasteiger partial charge in [-0.15, -0.1) is 0 Å². The fourth-order valence-electron chi connectivity index (χ4n) is 2.10. The standard InChI is InChI=1S/C18H24O2/c1-4-5-9-15(2)12-16(3)14-20-18(19)13-17-10-7-6-8-11-17/h4-11,15-16H,1,12-14H2,2-3H3/b9-5+. The van der Waals surface area contributed by atoms with Gasteiger partial charge in [0.15, 0.2) is 0 Å². The number of carbonyl (C=O) groups excluding carboxylic acids is 1. The molecule has 0 fully saturated rings. The number of hydrogen-bond donors (Lipinski definition) is 0. The third-order valence-corrected chi connectivity index (χ3v) is 3.07. The van der Waals surface area contributed by atoms with E-state index in [1.54, 1.807) is 6.08 Å². The van der Waals surface area contributed by atoms with Gasteiger partial charge in [0.2, 0.25) is 0 Å². The summed E-state index contributed by atoms with van der Waals surface area (Å²) in [5, 5.41) is 0. The van der Waals surface area contributed by atoms with Crippen LogP contribution >= 0.6 is 0 Å². The van der Waals surface area contributed by atoms with E-state index >= 15 is 0 Å². The Balaban J connectivity index is 2.26. The van der Waals surface area contributed by atoms with Gasteiger partial charge in [-0.25, -0.2) is 0 Å². The minimum absolute atomic E-state index is 0.155. The van der Waals surface area contributed by atoms with E-state index in [2.05, 4.69) is 26.5 Å². The molecule has 0 saturated heterocycles. The summed E-state index contributed by atoms with van der Waals surface area (Å²) in [7, 11) is 0. The largest absolute Gasteiger partial charge is 0.465 e. The highest BCUT2D eigenvalue weighted by Gasteiger charge is 2.10. The molecule has 0 N–H and O–H groups in total. The van der Waals surface area contributed by atoms with E-state index in [-0.39, 0.29) is 5.97 Å². The zero-order valence-electron chi connectivity index (χ0n) is 12.4. The molecule has 2 unspecified atom stereocenters. The SMILES string of the molecule is C=C/C=C/C(C)CC(C)COC(=O)Cc1ccccc1. The van der Waals surface area contributed by atoms with Crippen LogP contribution in [0, 0.1) is 11.8 Å². The number of hydrogen-bond acceptors (Lipinski definition) is 2. The average Bonchev–Trinajstić information content (AvgIpc) is 2.44. The van der Waals surface area contributed by atoms with Crippen molar-refractivity contribution in [2.75, 3.05) is 6.61 Å². The zero-order valence-corrected chi connectivity index (χ0v) is 12.4. The monoisotopic (exact) mass is 272 g/mol. The van der Waals surface area contributed by atoms with Crippen LogP contribution in [0.5, 0.6) is 0 Å². The molecule has 0 saturated carbocycles. The van der Waals surface area contributed by atoms with Gasteiger partial charge >= 0.3 is 5.97 Å². The van der Waals surface area contributed by atoms with Crippen LogP contribution in [-0.2, 0) is 16.0 Å². The Morgan fingerprint density at radius 2 is 2.00 bits per heavy atom. The van der Waals surface area contributed by atoms with Gasteiger partial charge < -0.3 is 4.74 Å². The molecule has 108 valence electrons. The van der Waals surface area contributed by atoms with Crippen molar-refractivity contribution in [1.82, 2.24) is 0 Å². The first kappa shape index (κ1) is 16.2.